The lowest BCUT2D eigenvalue weighted by atomic mass is 10.0. The number of fused-ring (bicyclic) bond motifs is 1. The van der Waals surface area contributed by atoms with Crippen molar-refractivity contribution in [2.45, 2.75) is 6.92 Å². The van der Waals surface area contributed by atoms with Crippen molar-refractivity contribution in [3.63, 3.8) is 0 Å². The van der Waals surface area contributed by atoms with E-state index in [9.17, 15) is 8.78 Å². The summed E-state index contributed by atoms with van der Waals surface area (Å²) in [6.07, 6.45) is 0. The number of halogens is 2. The standard InChI is InChI=1S/C18H14F2N2/c1-12(21-22-18-9-8-16(19)11-17(18)20)14-7-6-13-4-2-3-5-15(13)10-14/h2-11,22H,1H3/b21-12-. The zero-order chi connectivity index (χ0) is 15.5. The fourth-order valence-corrected chi connectivity index (χ4v) is 2.20. The monoisotopic (exact) mass is 296 g/mol. The Morgan fingerprint density at radius 1 is 0.909 bits per heavy atom. The molecule has 1 N–H and O–H groups in total. The van der Waals surface area contributed by atoms with Gasteiger partial charge >= 0.3 is 0 Å². The maximum absolute atomic E-state index is 13.5. The van der Waals surface area contributed by atoms with Gasteiger partial charge in [-0.05, 0) is 41.5 Å². The fraction of sp³-hybridized carbons (Fsp3) is 0.0556. The van der Waals surface area contributed by atoms with Gasteiger partial charge in [0.1, 0.15) is 5.82 Å². The Morgan fingerprint density at radius 2 is 1.68 bits per heavy atom. The highest BCUT2D eigenvalue weighted by Gasteiger charge is 2.04. The molecule has 2 nitrogen and oxygen atoms in total. The Bertz CT molecular complexity index is 857. The normalized spacial score (nSPS) is 11.7. The SMILES string of the molecule is C/C(=N/Nc1ccc(F)cc1F)c1ccc2ccccc2c1. The molecule has 0 unspecified atom stereocenters. The van der Waals surface area contributed by atoms with Crippen molar-refractivity contribution >= 4 is 22.2 Å². The van der Waals surface area contributed by atoms with Crippen molar-refractivity contribution in [3.05, 3.63) is 77.9 Å². The highest BCUT2D eigenvalue weighted by Crippen LogP contribution is 2.18. The van der Waals surface area contributed by atoms with E-state index in [0.717, 1.165) is 28.1 Å². The molecular weight excluding hydrogens is 282 g/mol. The highest BCUT2D eigenvalue weighted by molar-refractivity contribution is 6.02. The molecular formula is C18H14F2N2. The van der Waals surface area contributed by atoms with Crippen LogP contribution in [0.3, 0.4) is 0 Å². The molecule has 0 aliphatic heterocycles. The van der Waals surface area contributed by atoms with Gasteiger partial charge in [0.15, 0.2) is 5.82 Å². The molecule has 0 radical (unpaired) electrons. The first kappa shape index (κ1) is 14.2. The van der Waals surface area contributed by atoms with Gasteiger partial charge in [0.25, 0.3) is 0 Å². The molecule has 0 saturated heterocycles. The lowest BCUT2D eigenvalue weighted by Crippen LogP contribution is -2.01. The lowest BCUT2D eigenvalue weighted by Gasteiger charge is -2.06. The molecule has 4 heteroatoms. The summed E-state index contributed by atoms with van der Waals surface area (Å²) < 4.78 is 26.4. The zero-order valence-electron chi connectivity index (χ0n) is 12.0. The van der Waals surface area contributed by atoms with Gasteiger partial charge in [-0.15, -0.1) is 0 Å². The van der Waals surface area contributed by atoms with E-state index in [1.807, 2.05) is 49.4 Å². The molecule has 0 fully saturated rings. The molecule has 0 atom stereocenters. The van der Waals surface area contributed by atoms with Crippen LogP contribution in [-0.4, -0.2) is 5.71 Å². The summed E-state index contributed by atoms with van der Waals surface area (Å²) in [5.74, 6) is -1.28. The van der Waals surface area contributed by atoms with Crippen molar-refractivity contribution in [2.24, 2.45) is 5.10 Å². The number of hydrazone groups is 1. The third-order valence-corrected chi connectivity index (χ3v) is 3.44. The van der Waals surface area contributed by atoms with Crippen molar-refractivity contribution in [2.75, 3.05) is 5.43 Å². The second-order valence-corrected chi connectivity index (χ2v) is 5.00. The smallest absolute Gasteiger partial charge is 0.151 e. The Balaban J connectivity index is 1.86. The Labute approximate surface area is 127 Å². The Kier molecular flexibility index (Phi) is 3.83. The van der Waals surface area contributed by atoms with E-state index in [-0.39, 0.29) is 5.69 Å². The van der Waals surface area contributed by atoms with Crippen LogP contribution in [0.1, 0.15) is 12.5 Å². The average Bonchev–Trinajstić information content (AvgIpc) is 2.53. The number of hydrogen-bond donors (Lipinski definition) is 1. The number of anilines is 1. The molecule has 3 aromatic carbocycles. The van der Waals surface area contributed by atoms with E-state index >= 15 is 0 Å². The van der Waals surface area contributed by atoms with Crippen molar-refractivity contribution < 1.29 is 8.78 Å². The van der Waals surface area contributed by atoms with Crippen LogP contribution < -0.4 is 5.43 Å². The third kappa shape index (κ3) is 2.96. The van der Waals surface area contributed by atoms with Gasteiger partial charge in [0.05, 0.1) is 11.4 Å². The van der Waals surface area contributed by atoms with Crippen LogP contribution in [0.25, 0.3) is 10.8 Å². The molecule has 0 spiro atoms. The largest absolute Gasteiger partial charge is 0.275 e. The Morgan fingerprint density at radius 3 is 2.45 bits per heavy atom. The van der Waals surface area contributed by atoms with Gasteiger partial charge in [-0.1, -0.05) is 36.4 Å². The van der Waals surface area contributed by atoms with Gasteiger partial charge in [0, 0.05) is 6.07 Å². The molecule has 0 bridgehead atoms. The average molecular weight is 296 g/mol. The first-order chi connectivity index (χ1) is 10.6. The van der Waals surface area contributed by atoms with Gasteiger partial charge in [0.2, 0.25) is 0 Å². The van der Waals surface area contributed by atoms with Crippen LogP contribution in [0.4, 0.5) is 14.5 Å². The molecule has 22 heavy (non-hydrogen) atoms. The second kappa shape index (κ2) is 5.93. The second-order valence-electron chi connectivity index (χ2n) is 5.00. The molecule has 0 aromatic heterocycles. The quantitative estimate of drug-likeness (QED) is 0.536. The van der Waals surface area contributed by atoms with Gasteiger partial charge in [-0.3, -0.25) is 5.43 Å². The van der Waals surface area contributed by atoms with E-state index in [2.05, 4.69) is 10.5 Å². The summed E-state index contributed by atoms with van der Waals surface area (Å²) >= 11 is 0. The lowest BCUT2D eigenvalue weighted by molar-refractivity contribution is 0.585. The van der Waals surface area contributed by atoms with E-state index in [1.165, 1.54) is 12.1 Å². The fourth-order valence-electron chi connectivity index (χ4n) is 2.20. The van der Waals surface area contributed by atoms with Gasteiger partial charge in [-0.25, -0.2) is 8.78 Å². The summed E-state index contributed by atoms with van der Waals surface area (Å²) in [5.41, 5.74) is 4.43. The predicted molar refractivity (Wildman–Crippen MR) is 86.1 cm³/mol. The van der Waals surface area contributed by atoms with Gasteiger partial charge in [-0.2, -0.15) is 5.10 Å². The first-order valence-corrected chi connectivity index (χ1v) is 6.88. The Hall–Kier alpha value is -2.75. The molecule has 3 rings (SSSR count). The number of nitrogens with one attached hydrogen (secondary N) is 1. The minimum Gasteiger partial charge on any atom is -0.275 e. The van der Waals surface area contributed by atoms with Crippen molar-refractivity contribution in [1.82, 2.24) is 0 Å². The molecule has 0 saturated carbocycles. The molecule has 0 amide bonds. The van der Waals surface area contributed by atoms with Crippen LogP contribution in [0.2, 0.25) is 0 Å². The summed E-state index contributed by atoms with van der Waals surface area (Å²) in [6.45, 7) is 1.83. The van der Waals surface area contributed by atoms with E-state index in [0.29, 0.717) is 0 Å². The third-order valence-electron chi connectivity index (χ3n) is 3.44. The first-order valence-electron chi connectivity index (χ1n) is 6.88. The molecule has 0 aliphatic carbocycles. The number of benzene rings is 3. The van der Waals surface area contributed by atoms with E-state index in [1.54, 1.807) is 0 Å². The molecule has 110 valence electrons. The molecule has 0 aliphatic rings. The molecule has 3 aromatic rings. The van der Waals surface area contributed by atoms with E-state index in [4.69, 9.17) is 0 Å². The minimum absolute atomic E-state index is 0.140. The summed E-state index contributed by atoms with van der Waals surface area (Å²) in [7, 11) is 0. The summed E-state index contributed by atoms with van der Waals surface area (Å²) in [5, 5.41) is 6.43. The van der Waals surface area contributed by atoms with Crippen LogP contribution in [0.5, 0.6) is 0 Å². The van der Waals surface area contributed by atoms with Crippen LogP contribution >= 0.6 is 0 Å². The summed E-state index contributed by atoms with van der Waals surface area (Å²) in [6, 6.07) is 17.4. The summed E-state index contributed by atoms with van der Waals surface area (Å²) in [4.78, 5) is 0. The van der Waals surface area contributed by atoms with Gasteiger partial charge < -0.3 is 0 Å². The maximum atomic E-state index is 13.5. The number of nitrogens with zero attached hydrogens (tertiary/aromatic N) is 1. The zero-order valence-corrected chi connectivity index (χ0v) is 12.0. The maximum Gasteiger partial charge on any atom is 0.151 e. The predicted octanol–water partition coefficient (Wildman–Crippen LogP) is 4.95. The van der Waals surface area contributed by atoms with Crippen molar-refractivity contribution in [1.29, 1.82) is 0 Å². The van der Waals surface area contributed by atoms with Crippen LogP contribution in [0, 0.1) is 11.6 Å². The van der Waals surface area contributed by atoms with E-state index < -0.39 is 11.6 Å². The number of rotatable bonds is 3. The van der Waals surface area contributed by atoms with Crippen LogP contribution in [0.15, 0.2) is 65.8 Å². The highest BCUT2D eigenvalue weighted by atomic mass is 19.1. The van der Waals surface area contributed by atoms with Crippen molar-refractivity contribution in [3.8, 4) is 0 Å². The topological polar surface area (TPSA) is 24.4 Å². The minimum atomic E-state index is -0.671. The molecule has 0 heterocycles. The van der Waals surface area contributed by atoms with Crippen LogP contribution in [-0.2, 0) is 0 Å². The number of hydrogen-bond acceptors (Lipinski definition) is 2.